The number of hydrogen-bond acceptors (Lipinski definition) is 0. The summed E-state index contributed by atoms with van der Waals surface area (Å²) in [7, 11) is 0. The van der Waals surface area contributed by atoms with Crippen molar-refractivity contribution in [2.45, 2.75) is 67.7 Å². The molecule has 0 aliphatic carbocycles. The summed E-state index contributed by atoms with van der Waals surface area (Å²) < 4.78 is 0. The minimum atomic E-state index is 0.184. The zero-order valence-electron chi connectivity index (χ0n) is 14.7. The van der Waals surface area contributed by atoms with Gasteiger partial charge in [-0.2, -0.15) is 0 Å². The monoisotopic (exact) mass is 270 g/mol. The summed E-state index contributed by atoms with van der Waals surface area (Å²) in [4.78, 5) is 0. The van der Waals surface area contributed by atoms with E-state index in [2.05, 4.69) is 80.5 Å². The maximum Gasteiger partial charge on any atom is -0.0121 e. The SMILES string of the molecule is CC=C(C)C(=C(C)C)c1c(C)ccc(C(C)(C)C)c1C. The second-order valence-corrected chi connectivity index (χ2v) is 7.03. The summed E-state index contributed by atoms with van der Waals surface area (Å²) in [6, 6.07) is 4.57. The van der Waals surface area contributed by atoms with Crippen molar-refractivity contribution in [2.75, 3.05) is 0 Å². The van der Waals surface area contributed by atoms with E-state index in [1.165, 1.54) is 39.0 Å². The molecule has 0 spiro atoms. The molecule has 110 valence electrons. The van der Waals surface area contributed by atoms with Gasteiger partial charge in [-0.15, -0.1) is 0 Å². The van der Waals surface area contributed by atoms with Crippen molar-refractivity contribution < 1.29 is 0 Å². The molecule has 0 amide bonds. The van der Waals surface area contributed by atoms with Gasteiger partial charge in [0.1, 0.15) is 0 Å². The van der Waals surface area contributed by atoms with E-state index in [9.17, 15) is 0 Å². The molecule has 0 atom stereocenters. The van der Waals surface area contributed by atoms with Crippen LogP contribution in [0, 0.1) is 13.8 Å². The van der Waals surface area contributed by atoms with Crippen molar-refractivity contribution in [1.82, 2.24) is 0 Å². The van der Waals surface area contributed by atoms with Gasteiger partial charge in [0, 0.05) is 0 Å². The van der Waals surface area contributed by atoms with Gasteiger partial charge in [0.15, 0.2) is 0 Å². The number of hydrogen-bond donors (Lipinski definition) is 0. The molecule has 0 aliphatic heterocycles. The number of allylic oxidation sites excluding steroid dienone is 4. The third-order valence-corrected chi connectivity index (χ3v) is 4.06. The fourth-order valence-electron chi connectivity index (χ4n) is 3.03. The molecule has 0 radical (unpaired) electrons. The van der Waals surface area contributed by atoms with Crippen LogP contribution in [-0.2, 0) is 5.41 Å². The molecule has 0 fully saturated rings. The van der Waals surface area contributed by atoms with E-state index in [-0.39, 0.29) is 5.41 Å². The molecular formula is C20H30. The lowest BCUT2D eigenvalue weighted by atomic mass is 9.78. The predicted molar refractivity (Wildman–Crippen MR) is 92.3 cm³/mol. The molecule has 0 heteroatoms. The number of rotatable bonds is 2. The van der Waals surface area contributed by atoms with Gasteiger partial charge in [0.05, 0.1) is 0 Å². The highest BCUT2D eigenvalue weighted by atomic mass is 14.3. The summed E-state index contributed by atoms with van der Waals surface area (Å²) in [6.45, 7) is 20.1. The van der Waals surface area contributed by atoms with Crippen LogP contribution in [0.25, 0.3) is 5.57 Å². The fraction of sp³-hybridized carbons (Fsp3) is 0.500. The van der Waals surface area contributed by atoms with Crippen LogP contribution in [0.5, 0.6) is 0 Å². The van der Waals surface area contributed by atoms with Gasteiger partial charge in [0.25, 0.3) is 0 Å². The Bertz CT molecular complexity index is 556. The zero-order chi connectivity index (χ0) is 15.7. The van der Waals surface area contributed by atoms with Gasteiger partial charge in [-0.1, -0.05) is 44.6 Å². The lowest BCUT2D eigenvalue weighted by molar-refractivity contribution is 0.585. The van der Waals surface area contributed by atoms with Crippen LogP contribution in [-0.4, -0.2) is 0 Å². The average molecular weight is 270 g/mol. The Balaban J connectivity index is 3.73. The van der Waals surface area contributed by atoms with Gasteiger partial charge < -0.3 is 0 Å². The summed E-state index contributed by atoms with van der Waals surface area (Å²) in [5, 5.41) is 0. The minimum Gasteiger partial charge on any atom is -0.0841 e. The lowest BCUT2D eigenvalue weighted by Crippen LogP contribution is -2.15. The fourth-order valence-corrected chi connectivity index (χ4v) is 3.03. The van der Waals surface area contributed by atoms with Crippen LogP contribution in [0.15, 0.2) is 29.4 Å². The van der Waals surface area contributed by atoms with Crippen LogP contribution in [0.4, 0.5) is 0 Å². The van der Waals surface area contributed by atoms with E-state index in [4.69, 9.17) is 0 Å². The Morgan fingerprint density at radius 2 is 1.55 bits per heavy atom. The molecule has 0 saturated heterocycles. The Morgan fingerprint density at radius 3 is 1.95 bits per heavy atom. The van der Waals surface area contributed by atoms with Gasteiger partial charge in [-0.3, -0.25) is 0 Å². The molecule has 0 unspecified atom stereocenters. The van der Waals surface area contributed by atoms with Crippen molar-refractivity contribution in [3.8, 4) is 0 Å². The maximum absolute atomic E-state index is 2.29. The third kappa shape index (κ3) is 3.23. The molecule has 0 nitrogen and oxygen atoms in total. The summed E-state index contributed by atoms with van der Waals surface area (Å²) in [5.74, 6) is 0. The van der Waals surface area contributed by atoms with Crippen LogP contribution < -0.4 is 0 Å². The quantitative estimate of drug-likeness (QED) is 0.548. The van der Waals surface area contributed by atoms with Crippen LogP contribution in [0.2, 0.25) is 0 Å². The molecule has 0 N–H and O–H groups in total. The van der Waals surface area contributed by atoms with Gasteiger partial charge in [-0.05, 0) is 80.4 Å². The molecule has 1 aromatic carbocycles. The highest BCUT2D eigenvalue weighted by Crippen LogP contribution is 2.36. The normalized spacial score (nSPS) is 12.6. The zero-order valence-corrected chi connectivity index (χ0v) is 14.7. The van der Waals surface area contributed by atoms with E-state index in [1.54, 1.807) is 0 Å². The van der Waals surface area contributed by atoms with E-state index in [0.717, 1.165) is 0 Å². The van der Waals surface area contributed by atoms with Crippen molar-refractivity contribution in [3.05, 3.63) is 51.6 Å². The smallest absolute Gasteiger partial charge is 0.0121 e. The first kappa shape index (κ1) is 16.8. The molecule has 0 saturated carbocycles. The Hall–Kier alpha value is -1.30. The number of benzene rings is 1. The van der Waals surface area contributed by atoms with Crippen molar-refractivity contribution in [1.29, 1.82) is 0 Å². The first-order chi connectivity index (χ1) is 9.11. The highest BCUT2D eigenvalue weighted by Gasteiger charge is 2.21. The van der Waals surface area contributed by atoms with Crippen LogP contribution in [0.1, 0.15) is 70.7 Å². The molecule has 20 heavy (non-hydrogen) atoms. The molecule has 0 aliphatic rings. The minimum absolute atomic E-state index is 0.184. The van der Waals surface area contributed by atoms with Crippen molar-refractivity contribution in [3.63, 3.8) is 0 Å². The lowest BCUT2D eigenvalue weighted by Gasteiger charge is -2.26. The van der Waals surface area contributed by atoms with Gasteiger partial charge >= 0.3 is 0 Å². The molecule has 1 aromatic rings. The van der Waals surface area contributed by atoms with Gasteiger partial charge in [-0.25, -0.2) is 0 Å². The second-order valence-electron chi connectivity index (χ2n) is 7.03. The standard InChI is InChI=1S/C20H30/c1-10-14(4)18(13(2)3)19-15(5)11-12-17(16(19)6)20(7,8)9/h10-12H,1-9H3. The van der Waals surface area contributed by atoms with E-state index in [0.29, 0.717) is 0 Å². The van der Waals surface area contributed by atoms with Crippen molar-refractivity contribution in [2.24, 2.45) is 0 Å². The third-order valence-electron chi connectivity index (χ3n) is 4.06. The molecule has 0 aromatic heterocycles. The van der Waals surface area contributed by atoms with Crippen LogP contribution in [0.3, 0.4) is 0 Å². The molecule has 0 heterocycles. The molecule has 1 rings (SSSR count). The van der Waals surface area contributed by atoms with Gasteiger partial charge in [0.2, 0.25) is 0 Å². The topological polar surface area (TPSA) is 0 Å². The summed E-state index contributed by atoms with van der Waals surface area (Å²) in [6.07, 6.45) is 2.21. The van der Waals surface area contributed by atoms with Crippen molar-refractivity contribution >= 4 is 5.57 Å². The van der Waals surface area contributed by atoms with E-state index >= 15 is 0 Å². The Kier molecular flexibility index (Phi) is 5.02. The first-order valence-corrected chi connectivity index (χ1v) is 7.53. The molecular weight excluding hydrogens is 240 g/mol. The molecule has 0 bridgehead atoms. The average Bonchev–Trinajstić information content (AvgIpc) is 2.31. The second kappa shape index (κ2) is 5.99. The largest absolute Gasteiger partial charge is 0.0841 e. The van der Waals surface area contributed by atoms with Crippen LogP contribution >= 0.6 is 0 Å². The predicted octanol–water partition coefficient (Wildman–Crippen LogP) is 6.36. The van der Waals surface area contributed by atoms with E-state index in [1.807, 2.05) is 0 Å². The summed E-state index contributed by atoms with van der Waals surface area (Å²) in [5.41, 5.74) is 10.0. The first-order valence-electron chi connectivity index (χ1n) is 7.53. The maximum atomic E-state index is 2.29. The Morgan fingerprint density at radius 1 is 1.00 bits per heavy atom. The number of aryl methyl sites for hydroxylation is 1. The highest BCUT2D eigenvalue weighted by molar-refractivity contribution is 5.84. The Labute approximate surface area is 125 Å². The summed E-state index contributed by atoms with van der Waals surface area (Å²) >= 11 is 0. The van der Waals surface area contributed by atoms with E-state index < -0.39 is 0 Å².